The zero-order valence-corrected chi connectivity index (χ0v) is 11.4. The Balaban J connectivity index is 2.11. The molecule has 21 heavy (non-hydrogen) atoms. The SMILES string of the molecule is N#Cc1ccc(CNC(=O)c2cc(Cl)ccc2F)c(F)c1. The third-order valence-corrected chi connectivity index (χ3v) is 3.03. The minimum atomic E-state index is -0.711. The summed E-state index contributed by atoms with van der Waals surface area (Å²) in [7, 11) is 0. The second-order valence-electron chi connectivity index (χ2n) is 4.22. The lowest BCUT2D eigenvalue weighted by molar-refractivity contribution is 0.0946. The number of nitriles is 1. The molecule has 0 saturated heterocycles. The summed E-state index contributed by atoms with van der Waals surface area (Å²) in [5, 5.41) is 11.3. The molecule has 0 spiro atoms. The molecule has 1 N–H and O–H groups in total. The van der Waals surface area contributed by atoms with Crippen LogP contribution in [0.1, 0.15) is 21.5 Å². The van der Waals surface area contributed by atoms with Gasteiger partial charge in [0.15, 0.2) is 0 Å². The first-order chi connectivity index (χ1) is 10.0. The van der Waals surface area contributed by atoms with Gasteiger partial charge >= 0.3 is 0 Å². The molecule has 0 fully saturated rings. The van der Waals surface area contributed by atoms with E-state index in [4.69, 9.17) is 16.9 Å². The van der Waals surface area contributed by atoms with Crippen molar-refractivity contribution in [3.05, 3.63) is 69.7 Å². The first kappa shape index (κ1) is 14.9. The Morgan fingerprint density at radius 3 is 2.62 bits per heavy atom. The lowest BCUT2D eigenvalue weighted by Gasteiger charge is -2.07. The van der Waals surface area contributed by atoms with Crippen molar-refractivity contribution in [3.8, 4) is 6.07 Å². The van der Waals surface area contributed by atoms with Gasteiger partial charge in [0.05, 0.1) is 17.2 Å². The zero-order valence-electron chi connectivity index (χ0n) is 10.7. The predicted molar refractivity (Wildman–Crippen MR) is 73.7 cm³/mol. The molecule has 106 valence electrons. The van der Waals surface area contributed by atoms with E-state index in [-0.39, 0.29) is 28.3 Å². The summed E-state index contributed by atoms with van der Waals surface area (Å²) in [6.45, 7) is -0.123. The molecule has 2 rings (SSSR count). The Morgan fingerprint density at radius 1 is 1.19 bits per heavy atom. The Bertz CT molecular complexity index is 741. The Kier molecular flexibility index (Phi) is 4.51. The maximum atomic E-state index is 13.6. The van der Waals surface area contributed by atoms with Crippen molar-refractivity contribution in [2.45, 2.75) is 6.54 Å². The molecule has 1 amide bonds. The summed E-state index contributed by atoms with van der Waals surface area (Å²) in [5.41, 5.74) is 0.171. The topological polar surface area (TPSA) is 52.9 Å². The van der Waals surface area contributed by atoms with Gasteiger partial charge in [-0.05, 0) is 30.3 Å². The highest BCUT2D eigenvalue weighted by atomic mass is 35.5. The van der Waals surface area contributed by atoms with E-state index in [0.717, 1.165) is 12.1 Å². The molecule has 0 saturated carbocycles. The van der Waals surface area contributed by atoms with Gasteiger partial charge in [0.1, 0.15) is 11.6 Å². The lowest BCUT2D eigenvalue weighted by Crippen LogP contribution is -2.24. The second kappa shape index (κ2) is 6.33. The number of nitrogens with zero attached hydrogens (tertiary/aromatic N) is 1. The van der Waals surface area contributed by atoms with Crippen molar-refractivity contribution < 1.29 is 13.6 Å². The lowest BCUT2D eigenvalue weighted by atomic mass is 10.1. The van der Waals surface area contributed by atoms with Crippen LogP contribution in [0.15, 0.2) is 36.4 Å². The van der Waals surface area contributed by atoms with Crippen LogP contribution in [-0.2, 0) is 6.54 Å². The molecular weight excluding hydrogens is 298 g/mol. The van der Waals surface area contributed by atoms with Crippen LogP contribution in [0.4, 0.5) is 8.78 Å². The molecule has 0 bridgehead atoms. The van der Waals surface area contributed by atoms with Crippen molar-refractivity contribution in [1.29, 1.82) is 5.26 Å². The molecule has 0 aliphatic heterocycles. The first-order valence-electron chi connectivity index (χ1n) is 5.93. The predicted octanol–water partition coefficient (Wildman–Crippen LogP) is 3.42. The van der Waals surface area contributed by atoms with Gasteiger partial charge in [-0.2, -0.15) is 5.26 Å². The zero-order chi connectivity index (χ0) is 15.4. The van der Waals surface area contributed by atoms with Crippen LogP contribution in [0.2, 0.25) is 5.02 Å². The van der Waals surface area contributed by atoms with E-state index in [1.165, 1.54) is 24.3 Å². The maximum Gasteiger partial charge on any atom is 0.254 e. The fourth-order valence-electron chi connectivity index (χ4n) is 1.70. The van der Waals surface area contributed by atoms with E-state index in [9.17, 15) is 13.6 Å². The summed E-state index contributed by atoms with van der Waals surface area (Å²) in [6, 6.07) is 9.31. The number of carbonyl (C=O) groups excluding carboxylic acids is 1. The highest BCUT2D eigenvalue weighted by Crippen LogP contribution is 2.15. The van der Waals surface area contributed by atoms with Crippen LogP contribution >= 0.6 is 11.6 Å². The van der Waals surface area contributed by atoms with Crippen LogP contribution in [0, 0.1) is 23.0 Å². The van der Waals surface area contributed by atoms with Crippen molar-refractivity contribution in [1.82, 2.24) is 5.32 Å². The fraction of sp³-hybridized carbons (Fsp3) is 0.0667. The van der Waals surface area contributed by atoms with E-state index in [1.807, 2.05) is 6.07 Å². The monoisotopic (exact) mass is 306 g/mol. The fourth-order valence-corrected chi connectivity index (χ4v) is 1.87. The number of hydrogen-bond donors (Lipinski definition) is 1. The first-order valence-corrected chi connectivity index (χ1v) is 6.31. The van der Waals surface area contributed by atoms with Crippen LogP contribution in [-0.4, -0.2) is 5.91 Å². The third-order valence-electron chi connectivity index (χ3n) is 2.79. The number of amides is 1. The van der Waals surface area contributed by atoms with Gasteiger partial charge in [-0.3, -0.25) is 4.79 Å². The van der Waals surface area contributed by atoms with E-state index < -0.39 is 17.5 Å². The molecule has 0 heterocycles. The van der Waals surface area contributed by atoms with Gasteiger partial charge in [0.2, 0.25) is 0 Å². The molecule has 3 nitrogen and oxygen atoms in total. The molecule has 2 aromatic carbocycles. The number of carbonyl (C=O) groups is 1. The quantitative estimate of drug-likeness (QED) is 0.944. The molecule has 0 atom stereocenters. The number of hydrogen-bond acceptors (Lipinski definition) is 2. The van der Waals surface area contributed by atoms with Crippen molar-refractivity contribution in [2.24, 2.45) is 0 Å². The normalized spacial score (nSPS) is 10.0. The third kappa shape index (κ3) is 3.56. The van der Waals surface area contributed by atoms with Crippen molar-refractivity contribution >= 4 is 17.5 Å². The summed E-state index contributed by atoms with van der Waals surface area (Å²) in [5.74, 6) is -2.02. The molecule has 0 radical (unpaired) electrons. The van der Waals surface area contributed by atoms with Gasteiger partial charge < -0.3 is 5.32 Å². The number of nitrogens with one attached hydrogen (secondary N) is 1. The number of benzene rings is 2. The van der Waals surface area contributed by atoms with E-state index in [0.29, 0.717) is 0 Å². The van der Waals surface area contributed by atoms with Gasteiger partial charge in [-0.1, -0.05) is 17.7 Å². The van der Waals surface area contributed by atoms with Gasteiger partial charge in [0.25, 0.3) is 5.91 Å². The van der Waals surface area contributed by atoms with Crippen LogP contribution in [0.5, 0.6) is 0 Å². The van der Waals surface area contributed by atoms with Gasteiger partial charge in [-0.25, -0.2) is 8.78 Å². The highest BCUT2D eigenvalue weighted by Gasteiger charge is 2.13. The summed E-state index contributed by atoms with van der Waals surface area (Å²) < 4.78 is 27.1. The minimum Gasteiger partial charge on any atom is -0.348 e. The van der Waals surface area contributed by atoms with E-state index in [1.54, 1.807) is 0 Å². The maximum absolute atomic E-state index is 13.6. The van der Waals surface area contributed by atoms with Crippen molar-refractivity contribution in [2.75, 3.05) is 0 Å². The molecule has 0 aromatic heterocycles. The van der Waals surface area contributed by atoms with E-state index in [2.05, 4.69) is 5.32 Å². The summed E-state index contributed by atoms with van der Waals surface area (Å²) >= 11 is 5.70. The largest absolute Gasteiger partial charge is 0.348 e. The molecular formula is C15H9ClF2N2O. The molecule has 0 aliphatic carbocycles. The average molecular weight is 307 g/mol. The van der Waals surface area contributed by atoms with Gasteiger partial charge in [-0.15, -0.1) is 0 Å². The minimum absolute atomic E-state index is 0.123. The van der Waals surface area contributed by atoms with Gasteiger partial charge in [0, 0.05) is 17.1 Å². The number of rotatable bonds is 3. The molecule has 2 aromatic rings. The Hall–Kier alpha value is -2.45. The standard InChI is InChI=1S/C15H9ClF2N2O/c16-11-3-4-13(17)12(6-11)15(21)20-8-10-2-1-9(7-19)5-14(10)18/h1-6H,8H2,(H,20,21). The summed E-state index contributed by atoms with van der Waals surface area (Å²) in [6.07, 6.45) is 0. The molecule has 0 aliphatic rings. The average Bonchev–Trinajstić information content (AvgIpc) is 2.48. The molecule has 0 unspecified atom stereocenters. The van der Waals surface area contributed by atoms with Crippen molar-refractivity contribution in [3.63, 3.8) is 0 Å². The number of halogens is 3. The van der Waals surface area contributed by atoms with Crippen LogP contribution < -0.4 is 5.32 Å². The van der Waals surface area contributed by atoms with Crippen LogP contribution in [0.25, 0.3) is 0 Å². The smallest absolute Gasteiger partial charge is 0.254 e. The summed E-state index contributed by atoms with van der Waals surface area (Å²) in [4.78, 5) is 11.8. The Labute approximate surface area is 124 Å². The highest BCUT2D eigenvalue weighted by molar-refractivity contribution is 6.30. The molecule has 6 heteroatoms. The van der Waals surface area contributed by atoms with E-state index >= 15 is 0 Å². The second-order valence-corrected chi connectivity index (χ2v) is 4.66. The van der Waals surface area contributed by atoms with Crippen LogP contribution in [0.3, 0.4) is 0 Å². The Morgan fingerprint density at radius 2 is 1.95 bits per heavy atom.